The minimum atomic E-state index is 0.122. The summed E-state index contributed by atoms with van der Waals surface area (Å²) >= 11 is 0. The lowest BCUT2D eigenvalue weighted by Crippen LogP contribution is -2.35. The molecule has 2 N–H and O–H groups in total. The number of hydrogen-bond donors (Lipinski definition) is 2. The van der Waals surface area contributed by atoms with E-state index >= 15 is 0 Å². The topological polar surface area (TPSA) is 61.3 Å². The predicted molar refractivity (Wildman–Crippen MR) is 75.2 cm³/mol. The number of aliphatic hydroxyl groups excluding tert-OH is 1. The molecule has 5 heteroatoms. The van der Waals surface area contributed by atoms with Crippen LogP contribution < -0.4 is 10.2 Å². The monoisotopic (exact) mass is 252 g/mol. The van der Waals surface area contributed by atoms with Crippen LogP contribution in [-0.2, 0) is 0 Å². The molecule has 0 aromatic carbocycles. The van der Waals surface area contributed by atoms with E-state index in [4.69, 9.17) is 0 Å². The van der Waals surface area contributed by atoms with Crippen LogP contribution in [0.1, 0.15) is 32.2 Å². The molecule has 5 nitrogen and oxygen atoms in total. The van der Waals surface area contributed by atoms with E-state index in [1.807, 2.05) is 20.8 Å². The molecule has 18 heavy (non-hydrogen) atoms. The second-order valence-electron chi connectivity index (χ2n) is 4.61. The van der Waals surface area contributed by atoms with Gasteiger partial charge in [-0.1, -0.05) is 0 Å². The highest BCUT2D eigenvalue weighted by Crippen LogP contribution is 2.24. The van der Waals surface area contributed by atoms with Crippen LogP contribution in [0, 0.1) is 13.8 Å². The van der Waals surface area contributed by atoms with Gasteiger partial charge >= 0.3 is 0 Å². The van der Waals surface area contributed by atoms with Crippen LogP contribution in [0.4, 0.5) is 11.6 Å². The molecule has 0 aliphatic carbocycles. The molecule has 1 aromatic rings. The third-order valence-corrected chi connectivity index (χ3v) is 2.81. The van der Waals surface area contributed by atoms with Crippen LogP contribution in [0.25, 0.3) is 0 Å². The highest BCUT2D eigenvalue weighted by Gasteiger charge is 2.17. The quantitative estimate of drug-likeness (QED) is 0.807. The summed E-state index contributed by atoms with van der Waals surface area (Å²) in [6, 6.07) is 0.291. The summed E-state index contributed by atoms with van der Waals surface area (Å²) in [5.74, 6) is 2.53. The number of rotatable bonds is 6. The summed E-state index contributed by atoms with van der Waals surface area (Å²) in [5, 5.41) is 12.4. The Hall–Kier alpha value is -1.36. The number of aromatic nitrogens is 2. The zero-order valence-corrected chi connectivity index (χ0v) is 12.0. The first-order valence-corrected chi connectivity index (χ1v) is 6.47. The van der Waals surface area contributed by atoms with Gasteiger partial charge in [-0.2, -0.15) is 0 Å². The van der Waals surface area contributed by atoms with Crippen LogP contribution >= 0.6 is 0 Å². The zero-order valence-electron chi connectivity index (χ0n) is 12.0. The van der Waals surface area contributed by atoms with Gasteiger partial charge in [0.25, 0.3) is 0 Å². The van der Waals surface area contributed by atoms with Gasteiger partial charge in [-0.3, -0.25) is 0 Å². The second-order valence-corrected chi connectivity index (χ2v) is 4.61. The van der Waals surface area contributed by atoms with Gasteiger partial charge in [-0.05, 0) is 34.6 Å². The Morgan fingerprint density at radius 2 is 1.94 bits per heavy atom. The highest BCUT2D eigenvalue weighted by atomic mass is 16.3. The van der Waals surface area contributed by atoms with E-state index < -0.39 is 0 Å². The van der Waals surface area contributed by atoms with Crippen molar-refractivity contribution in [1.82, 2.24) is 9.97 Å². The van der Waals surface area contributed by atoms with Crippen molar-refractivity contribution in [2.45, 2.75) is 40.7 Å². The summed E-state index contributed by atoms with van der Waals surface area (Å²) in [4.78, 5) is 11.0. The highest BCUT2D eigenvalue weighted by molar-refractivity contribution is 5.59. The van der Waals surface area contributed by atoms with Crippen molar-refractivity contribution < 1.29 is 5.11 Å². The molecule has 1 aromatic heterocycles. The Balaban J connectivity index is 3.20. The summed E-state index contributed by atoms with van der Waals surface area (Å²) < 4.78 is 0. The third kappa shape index (κ3) is 3.32. The molecule has 1 heterocycles. The second kappa shape index (κ2) is 6.54. The molecule has 0 unspecified atom stereocenters. The molecular weight excluding hydrogens is 228 g/mol. The number of hydrogen-bond acceptors (Lipinski definition) is 5. The fourth-order valence-electron chi connectivity index (χ4n) is 1.95. The number of nitrogens with one attached hydrogen (secondary N) is 1. The molecule has 0 fully saturated rings. The maximum absolute atomic E-state index is 9.18. The van der Waals surface area contributed by atoms with Crippen molar-refractivity contribution in [1.29, 1.82) is 0 Å². The first-order chi connectivity index (χ1) is 8.51. The number of aryl methyl sites for hydroxylation is 1. The van der Waals surface area contributed by atoms with Crippen LogP contribution in [0.2, 0.25) is 0 Å². The van der Waals surface area contributed by atoms with E-state index in [1.165, 1.54) is 0 Å². The number of anilines is 2. The van der Waals surface area contributed by atoms with Gasteiger partial charge in [0.15, 0.2) is 0 Å². The molecule has 102 valence electrons. The van der Waals surface area contributed by atoms with E-state index in [0.29, 0.717) is 12.6 Å². The van der Waals surface area contributed by atoms with Crippen LogP contribution in [0.3, 0.4) is 0 Å². The van der Waals surface area contributed by atoms with E-state index in [2.05, 4.69) is 34.0 Å². The van der Waals surface area contributed by atoms with E-state index in [-0.39, 0.29) is 6.61 Å². The average molecular weight is 252 g/mol. The van der Waals surface area contributed by atoms with Gasteiger partial charge < -0.3 is 15.3 Å². The largest absolute Gasteiger partial charge is 0.395 e. The van der Waals surface area contributed by atoms with Crippen molar-refractivity contribution in [3.63, 3.8) is 0 Å². The number of nitrogens with zero attached hydrogens (tertiary/aromatic N) is 3. The fourth-order valence-corrected chi connectivity index (χ4v) is 1.95. The summed E-state index contributed by atoms with van der Waals surface area (Å²) in [5.41, 5.74) is 1.03. The van der Waals surface area contributed by atoms with Gasteiger partial charge in [-0.25, -0.2) is 9.97 Å². The van der Waals surface area contributed by atoms with Crippen LogP contribution in [0.15, 0.2) is 0 Å². The Morgan fingerprint density at radius 3 is 2.44 bits per heavy atom. The van der Waals surface area contributed by atoms with E-state index in [0.717, 1.165) is 29.6 Å². The fraction of sp³-hybridized carbons (Fsp3) is 0.692. The van der Waals surface area contributed by atoms with E-state index in [9.17, 15) is 5.11 Å². The van der Waals surface area contributed by atoms with Crippen molar-refractivity contribution >= 4 is 11.6 Å². The first kappa shape index (κ1) is 14.7. The molecule has 0 bridgehead atoms. The first-order valence-electron chi connectivity index (χ1n) is 6.47. The lowest BCUT2D eigenvalue weighted by molar-refractivity contribution is 0.298. The summed E-state index contributed by atoms with van der Waals surface area (Å²) in [7, 11) is 0. The smallest absolute Gasteiger partial charge is 0.137 e. The molecule has 0 aliphatic heterocycles. The van der Waals surface area contributed by atoms with Gasteiger partial charge in [0.1, 0.15) is 17.5 Å². The van der Waals surface area contributed by atoms with E-state index in [1.54, 1.807) is 0 Å². The molecule has 0 aliphatic rings. The molecule has 0 amide bonds. The van der Waals surface area contributed by atoms with Crippen molar-refractivity contribution in [3.8, 4) is 0 Å². The third-order valence-electron chi connectivity index (χ3n) is 2.81. The maximum atomic E-state index is 9.18. The molecule has 0 saturated heterocycles. The zero-order chi connectivity index (χ0) is 13.7. The Bertz CT molecular complexity index is 393. The minimum Gasteiger partial charge on any atom is -0.395 e. The normalized spacial score (nSPS) is 10.8. The molecule has 0 saturated carbocycles. The molecule has 0 spiro atoms. The molecular formula is C13H24N4O. The molecule has 0 atom stereocenters. The predicted octanol–water partition coefficient (Wildman–Crippen LogP) is 1.73. The summed E-state index contributed by atoms with van der Waals surface area (Å²) in [6.45, 7) is 11.7. The standard InChI is InChI=1S/C13H24N4O/c1-6-14-12-10(4)13(16-11(5)15-12)17(7-8-18)9(2)3/h9,18H,6-8H2,1-5H3,(H,14,15,16). The Kier molecular flexibility index (Phi) is 5.34. The van der Waals surface area contributed by atoms with Crippen molar-refractivity contribution in [2.24, 2.45) is 0 Å². The number of aliphatic hydroxyl groups is 1. The van der Waals surface area contributed by atoms with Gasteiger partial charge in [0.05, 0.1) is 6.61 Å². The Morgan fingerprint density at radius 1 is 1.28 bits per heavy atom. The van der Waals surface area contributed by atoms with Gasteiger partial charge in [0.2, 0.25) is 0 Å². The SMILES string of the molecule is CCNc1nc(C)nc(N(CCO)C(C)C)c1C. The van der Waals surface area contributed by atoms with Gasteiger partial charge in [-0.15, -0.1) is 0 Å². The average Bonchev–Trinajstić information content (AvgIpc) is 2.30. The lowest BCUT2D eigenvalue weighted by Gasteiger charge is -2.29. The van der Waals surface area contributed by atoms with Gasteiger partial charge in [0, 0.05) is 24.7 Å². The molecule has 0 radical (unpaired) electrons. The van der Waals surface area contributed by atoms with Crippen LogP contribution in [-0.4, -0.2) is 40.8 Å². The summed E-state index contributed by atoms with van der Waals surface area (Å²) in [6.07, 6.45) is 0. The molecule has 1 rings (SSSR count). The van der Waals surface area contributed by atoms with Crippen molar-refractivity contribution in [2.75, 3.05) is 29.9 Å². The van der Waals surface area contributed by atoms with Crippen molar-refractivity contribution in [3.05, 3.63) is 11.4 Å². The Labute approximate surface area is 109 Å². The minimum absolute atomic E-state index is 0.122. The lowest BCUT2D eigenvalue weighted by atomic mass is 10.2. The maximum Gasteiger partial charge on any atom is 0.137 e. The van der Waals surface area contributed by atoms with Crippen LogP contribution in [0.5, 0.6) is 0 Å².